The number of ether oxygens (including phenoxy) is 1. The molecule has 1 N–H and O–H groups in total. The molecule has 0 saturated carbocycles. The van der Waals surface area contributed by atoms with Crippen molar-refractivity contribution >= 4 is 12.4 Å². The van der Waals surface area contributed by atoms with Gasteiger partial charge in [0.25, 0.3) is 0 Å². The summed E-state index contributed by atoms with van der Waals surface area (Å²) >= 11 is 0. The minimum Gasteiger partial charge on any atom is -0.485 e. The van der Waals surface area contributed by atoms with Crippen LogP contribution in [0.3, 0.4) is 0 Å². The van der Waals surface area contributed by atoms with E-state index in [0.29, 0.717) is 5.56 Å². The number of hydrogen-bond acceptors (Lipinski definition) is 2. The van der Waals surface area contributed by atoms with Gasteiger partial charge in [-0.2, -0.15) is 0 Å². The van der Waals surface area contributed by atoms with Gasteiger partial charge < -0.3 is 10.1 Å². The molecule has 1 aliphatic heterocycles. The van der Waals surface area contributed by atoms with Crippen LogP contribution in [-0.4, -0.2) is 13.1 Å². The molecule has 1 aliphatic rings. The third-order valence-electron chi connectivity index (χ3n) is 3.77. The first kappa shape index (κ1) is 16.7. The van der Waals surface area contributed by atoms with Crippen LogP contribution in [0.25, 0.3) is 0 Å². The van der Waals surface area contributed by atoms with Gasteiger partial charge in [-0.05, 0) is 42.3 Å². The minimum atomic E-state index is -0.836. The fourth-order valence-electron chi connectivity index (χ4n) is 2.49. The van der Waals surface area contributed by atoms with E-state index >= 15 is 0 Å². The van der Waals surface area contributed by atoms with Crippen molar-refractivity contribution in [3.63, 3.8) is 0 Å². The number of nitrogens with one attached hydrogen (secondary N) is 1. The maximum atomic E-state index is 13.5. The van der Waals surface area contributed by atoms with Crippen LogP contribution in [-0.2, 0) is 0 Å². The van der Waals surface area contributed by atoms with Crippen molar-refractivity contribution in [1.82, 2.24) is 5.32 Å². The topological polar surface area (TPSA) is 21.3 Å². The SMILES string of the molecule is Cc1cccc(OC(c2ccc(F)c(F)c2)C2CNC2)c1.Cl. The second-order valence-corrected chi connectivity index (χ2v) is 5.45. The molecule has 2 nitrogen and oxygen atoms in total. The molecule has 2 aromatic carbocycles. The van der Waals surface area contributed by atoms with Crippen LogP contribution in [0.1, 0.15) is 17.2 Å². The van der Waals surface area contributed by atoms with E-state index in [0.717, 1.165) is 30.5 Å². The summed E-state index contributed by atoms with van der Waals surface area (Å²) in [6, 6.07) is 11.7. The predicted octanol–water partition coefficient (Wildman–Crippen LogP) is 4.03. The van der Waals surface area contributed by atoms with Gasteiger partial charge in [0.1, 0.15) is 11.9 Å². The zero-order chi connectivity index (χ0) is 14.8. The second kappa shape index (κ2) is 7.07. The van der Waals surface area contributed by atoms with E-state index in [1.54, 1.807) is 6.07 Å². The summed E-state index contributed by atoms with van der Waals surface area (Å²) in [6.45, 7) is 3.62. The lowest BCUT2D eigenvalue weighted by Gasteiger charge is -2.35. The summed E-state index contributed by atoms with van der Waals surface area (Å²) in [4.78, 5) is 0. The van der Waals surface area contributed by atoms with Crippen molar-refractivity contribution in [1.29, 1.82) is 0 Å². The van der Waals surface area contributed by atoms with Gasteiger partial charge in [-0.15, -0.1) is 12.4 Å². The Morgan fingerprint density at radius 3 is 2.45 bits per heavy atom. The quantitative estimate of drug-likeness (QED) is 0.916. The van der Waals surface area contributed by atoms with E-state index in [-0.39, 0.29) is 24.4 Å². The van der Waals surface area contributed by atoms with Gasteiger partial charge in [0, 0.05) is 19.0 Å². The van der Waals surface area contributed by atoms with Crippen molar-refractivity contribution in [2.24, 2.45) is 5.92 Å². The monoisotopic (exact) mass is 325 g/mol. The maximum Gasteiger partial charge on any atom is 0.159 e. The average Bonchev–Trinajstić information content (AvgIpc) is 2.39. The molecule has 0 amide bonds. The molecular formula is C17H18ClF2NO. The summed E-state index contributed by atoms with van der Waals surface area (Å²) in [5.74, 6) is -0.663. The Kier molecular flexibility index (Phi) is 5.37. The molecule has 0 spiro atoms. The van der Waals surface area contributed by atoms with Gasteiger partial charge in [0.2, 0.25) is 0 Å². The molecule has 22 heavy (non-hydrogen) atoms. The van der Waals surface area contributed by atoms with Crippen LogP contribution in [0.2, 0.25) is 0 Å². The molecule has 1 atom stereocenters. The molecule has 5 heteroatoms. The van der Waals surface area contributed by atoms with Crippen LogP contribution in [0.15, 0.2) is 42.5 Å². The molecule has 1 unspecified atom stereocenters. The highest BCUT2D eigenvalue weighted by atomic mass is 35.5. The summed E-state index contributed by atoms with van der Waals surface area (Å²) < 4.78 is 32.6. The maximum absolute atomic E-state index is 13.5. The number of halogens is 3. The first-order valence-corrected chi connectivity index (χ1v) is 7.02. The molecule has 1 saturated heterocycles. The van der Waals surface area contributed by atoms with E-state index in [4.69, 9.17) is 4.74 Å². The van der Waals surface area contributed by atoms with Gasteiger partial charge in [-0.1, -0.05) is 18.2 Å². The highest BCUT2D eigenvalue weighted by molar-refractivity contribution is 5.85. The van der Waals surface area contributed by atoms with Gasteiger partial charge in [-0.25, -0.2) is 8.78 Å². The molecule has 0 aromatic heterocycles. The molecular weight excluding hydrogens is 308 g/mol. The molecule has 1 heterocycles. The fraction of sp³-hybridized carbons (Fsp3) is 0.294. The van der Waals surface area contributed by atoms with Gasteiger partial charge in [0.05, 0.1) is 0 Å². The zero-order valence-electron chi connectivity index (χ0n) is 12.2. The van der Waals surface area contributed by atoms with E-state index in [2.05, 4.69) is 5.32 Å². The summed E-state index contributed by atoms with van der Waals surface area (Å²) in [5.41, 5.74) is 1.77. The molecule has 118 valence electrons. The summed E-state index contributed by atoms with van der Waals surface area (Å²) in [7, 11) is 0. The van der Waals surface area contributed by atoms with Gasteiger partial charge >= 0.3 is 0 Å². The Bertz CT molecular complexity index is 646. The Labute approximate surface area is 134 Å². The first-order valence-electron chi connectivity index (χ1n) is 7.02. The highest BCUT2D eigenvalue weighted by Gasteiger charge is 2.30. The average molecular weight is 326 g/mol. The van der Waals surface area contributed by atoms with Gasteiger partial charge in [-0.3, -0.25) is 0 Å². The molecule has 1 fully saturated rings. The van der Waals surface area contributed by atoms with Crippen LogP contribution in [0.4, 0.5) is 8.78 Å². The standard InChI is InChI=1S/C17H17F2NO.ClH/c1-11-3-2-4-14(7-11)21-17(13-9-20-10-13)12-5-6-15(18)16(19)8-12;/h2-8,13,17,20H,9-10H2,1H3;1H. The molecule has 3 rings (SSSR count). The molecule has 0 bridgehead atoms. The van der Waals surface area contributed by atoms with Crippen molar-refractivity contribution in [3.05, 3.63) is 65.2 Å². The number of hydrogen-bond donors (Lipinski definition) is 1. The van der Waals surface area contributed by atoms with Crippen molar-refractivity contribution in [2.75, 3.05) is 13.1 Å². The zero-order valence-corrected chi connectivity index (χ0v) is 13.0. The van der Waals surface area contributed by atoms with Crippen LogP contribution in [0, 0.1) is 24.5 Å². The van der Waals surface area contributed by atoms with Gasteiger partial charge in [0.15, 0.2) is 11.6 Å². The van der Waals surface area contributed by atoms with E-state index < -0.39 is 11.6 Å². The van der Waals surface area contributed by atoms with Crippen molar-refractivity contribution < 1.29 is 13.5 Å². The van der Waals surface area contributed by atoms with E-state index in [1.807, 2.05) is 31.2 Å². The molecule has 0 radical (unpaired) electrons. The van der Waals surface area contributed by atoms with E-state index in [9.17, 15) is 8.78 Å². The lowest BCUT2D eigenvalue weighted by atomic mass is 9.90. The largest absolute Gasteiger partial charge is 0.485 e. The van der Waals surface area contributed by atoms with Crippen LogP contribution >= 0.6 is 12.4 Å². The number of benzene rings is 2. The van der Waals surface area contributed by atoms with Crippen LogP contribution < -0.4 is 10.1 Å². The fourth-order valence-corrected chi connectivity index (χ4v) is 2.49. The Morgan fingerprint density at radius 1 is 1.09 bits per heavy atom. The normalized spacial score (nSPS) is 15.6. The Morgan fingerprint density at radius 2 is 1.86 bits per heavy atom. The molecule has 0 aliphatic carbocycles. The molecule has 2 aromatic rings. The number of rotatable bonds is 4. The third kappa shape index (κ3) is 3.57. The highest BCUT2D eigenvalue weighted by Crippen LogP contribution is 2.31. The first-order chi connectivity index (χ1) is 10.1. The third-order valence-corrected chi connectivity index (χ3v) is 3.77. The summed E-state index contributed by atoms with van der Waals surface area (Å²) in [6.07, 6.45) is -0.275. The Balaban J connectivity index is 0.00000176. The lowest BCUT2D eigenvalue weighted by Crippen LogP contribution is -2.46. The van der Waals surface area contributed by atoms with Crippen LogP contribution in [0.5, 0.6) is 5.75 Å². The predicted molar refractivity (Wildman–Crippen MR) is 84.5 cm³/mol. The van der Waals surface area contributed by atoms with E-state index in [1.165, 1.54) is 6.07 Å². The smallest absolute Gasteiger partial charge is 0.159 e. The second-order valence-electron chi connectivity index (χ2n) is 5.45. The minimum absolute atomic E-state index is 0. The van der Waals surface area contributed by atoms with Crippen molar-refractivity contribution in [2.45, 2.75) is 13.0 Å². The Hall–Kier alpha value is -1.65. The van der Waals surface area contributed by atoms with Crippen molar-refractivity contribution in [3.8, 4) is 5.75 Å². The lowest BCUT2D eigenvalue weighted by molar-refractivity contribution is 0.0989. The number of aryl methyl sites for hydroxylation is 1. The summed E-state index contributed by atoms with van der Waals surface area (Å²) in [5, 5.41) is 3.19.